The van der Waals surface area contributed by atoms with Gasteiger partial charge in [-0.05, 0) is 36.6 Å². The van der Waals surface area contributed by atoms with Gasteiger partial charge in [-0.15, -0.1) is 0 Å². The van der Waals surface area contributed by atoms with Gasteiger partial charge in [0.1, 0.15) is 0 Å². The molecule has 0 aliphatic carbocycles. The molecule has 1 unspecified atom stereocenters. The molecule has 4 rings (SSSR count). The Morgan fingerprint density at radius 3 is 1.96 bits per heavy atom. The van der Waals surface area contributed by atoms with E-state index in [1.165, 1.54) is 0 Å². The molecule has 0 saturated heterocycles. The van der Waals surface area contributed by atoms with E-state index in [-0.39, 0.29) is 0 Å². The van der Waals surface area contributed by atoms with Crippen molar-refractivity contribution in [1.29, 1.82) is 0 Å². The predicted molar refractivity (Wildman–Crippen MR) is 96.5 cm³/mol. The molecule has 0 radical (unpaired) electrons. The molecule has 4 heterocycles. The zero-order valence-corrected chi connectivity index (χ0v) is 13.7. The summed E-state index contributed by atoms with van der Waals surface area (Å²) in [7, 11) is 0. The Balaban J connectivity index is 1.87. The van der Waals surface area contributed by atoms with E-state index in [9.17, 15) is 0 Å². The monoisotopic (exact) mass is 328 g/mol. The summed E-state index contributed by atoms with van der Waals surface area (Å²) < 4.78 is 0. The van der Waals surface area contributed by atoms with Gasteiger partial charge in [-0.1, -0.05) is 6.92 Å². The number of rotatable bonds is 3. The Kier molecular flexibility index (Phi) is 4.08. The van der Waals surface area contributed by atoms with E-state index in [0.717, 1.165) is 23.1 Å². The standard InChI is InChI=1S/C19H16N6/c1-13-8-16(12-22-9-13)19-24-17(14-4-2-6-20-10-14)23-18(25-19)15-5-3-7-21-11-15/h2-7,9-13H,8H2,1H3. The number of aromatic nitrogens is 5. The molecule has 3 aromatic rings. The second-order valence-corrected chi connectivity index (χ2v) is 5.92. The van der Waals surface area contributed by atoms with Crippen molar-refractivity contribution in [2.24, 2.45) is 10.9 Å². The van der Waals surface area contributed by atoms with E-state index >= 15 is 0 Å². The molecule has 1 atom stereocenters. The van der Waals surface area contributed by atoms with E-state index in [0.29, 0.717) is 23.4 Å². The third-order valence-corrected chi connectivity index (χ3v) is 3.87. The van der Waals surface area contributed by atoms with Crippen LogP contribution in [0.2, 0.25) is 0 Å². The van der Waals surface area contributed by atoms with E-state index in [4.69, 9.17) is 0 Å². The van der Waals surface area contributed by atoms with Crippen LogP contribution in [0.4, 0.5) is 0 Å². The lowest BCUT2D eigenvalue weighted by Gasteiger charge is -2.14. The minimum atomic E-state index is 0.362. The number of pyridine rings is 2. The van der Waals surface area contributed by atoms with Crippen molar-refractivity contribution >= 4 is 11.8 Å². The molecular formula is C19H16N6. The van der Waals surface area contributed by atoms with Gasteiger partial charge in [0.25, 0.3) is 0 Å². The summed E-state index contributed by atoms with van der Waals surface area (Å²) in [4.78, 5) is 26.6. The topological polar surface area (TPSA) is 76.8 Å². The van der Waals surface area contributed by atoms with Gasteiger partial charge >= 0.3 is 0 Å². The SMILES string of the molecule is CC1C=NC=C(c2nc(-c3cccnc3)nc(-c3cccnc3)n2)C1. The van der Waals surface area contributed by atoms with Crippen molar-refractivity contribution in [2.45, 2.75) is 13.3 Å². The maximum Gasteiger partial charge on any atom is 0.165 e. The first-order chi connectivity index (χ1) is 12.3. The molecule has 0 fully saturated rings. The molecule has 6 heteroatoms. The van der Waals surface area contributed by atoms with Crippen molar-refractivity contribution in [3.05, 3.63) is 61.1 Å². The number of aliphatic imine (C=N–C) groups is 1. The van der Waals surface area contributed by atoms with Gasteiger partial charge in [-0.2, -0.15) is 0 Å². The lowest BCUT2D eigenvalue weighted by Crippen LogP contribution is -2.07. The highest BCUT2D eigenvalue weighted by molar-refractivity contribution is 5.74. The molecule has 122 valence electrons. The van der Waals surface area contributed by atoms with E-state index < -0.39 is 0 Å². The zero-order valence-electron chi connectivity index (χ0n) is 13.7. The Bertz CT molecular complexity index is 877. The first kappa shape index (κ1) is 15.3. The fourth-order valence-electron chi connectivity index (χ4n) is 2.65. The predicted octanol–water partition coefficient (Wildman–Crippen LogP) is 3.45. The molecule has 1 aliphatic heterocycles. The summed E-state index contributed by atoms with van der Waals surface area (Å²) in [6.07, 6.45) is 11.6. The number of hydrogen-bond donors (Lipinski definition) is 0. The summed E-state index contributed by atoms with van der Waals surface area (Å²) in [6.45, 7) is 2.13. The highest BCUT2D eigenvalue weighted by atomic mass is 15.0. The molecule has 6 nitrogen and oxygen atoms in total. The summed E-state index contributed by atoms with van der Waals surface area (Å²) in [5.41, 5.74) is 2.71. The van der Waals surface area contributed by atoms with Crippen LogP contribution in [0.3, 0.4) is 0 Å². The fraction of sp³-hybridized carbons (Fsp3) is 0.158. The second-order valence-electron chi connectivity index (χ2n) is 5.92. The van der Waals surface area contributed by atoms with Crippen LogP contribution in [0.25, 0.3) is 28.3 Å². The summed E-state index contributed by atoms with van der Waals surface area (Å²) >= 11 is 0. The summed E-state index contributed by atoms with van der Waals surface area (Å²) in [5, 5.41) is 0. The molecule has 25 heavy (non-hydrogen) atoms. The molecule has 0 amide bonds. The average molecular weight is 328 g/mol. The van der Waals surface area contributed by atoms with Gasteiger partial charge in [-0.3, -0.25) is 15.0 Å². The van der Waals surface area contributed by atoms with Crippen LogP contribution in [0.15, 0.2) is 60.2 Å². The van der Waals surface area contributed by atoms with Crippen LogP contribution in [0.5, 0.6) is 0 Å². The normalized spacial score (nSPS) is 16.5. The van der Waals surface area contributed by atoms with E-state index in [1.807, 2.05) is 36.7 Å². The smallest absolute Gasteiger partial charge is 0.165 e. The minimum Gasteiger partial charge on any atom is -0.268 e. The van der Waals surface area contributed by atoms with Gasteiger partial charge in [0.2, 0.25) is 0 Å². The van der Waals surface area contributed by atoms with Gasteiger partial charge in [0.05, 0.1) is 0 Å². The quantitative estimate of drug-likeness (QED) is 0.736. The lowest BCUT2D eigenvalue weighted by molar-refractivity contribution is 0.799. The maximum atomic E-state index is 4.66. The molecule has 0 bridgehead atoms. The van der Waals surface area contributed by atoms with Crippen LogP contribution in [-0.2, 0) is 0 Å². The highest BCUT2D eigenvalue weighted by Gasteiger charge is 2.16. The maximum absolute atomic E-state index is 4.66. The lowest BCUT2D eigenvalue weighted by atomic mass is 10.0. The first-order valence-corrected chi connectivity index (χ1v) is 8.09. The molecule has 0 aromatic carbocycles. The van der Waals surface area contributed by atoms with Gasteiger partial charge in [-0.25, -0.2) is 15.0 Å². The molecule has 1 aliphatic rings. The van der Waals surface area contributed by atoms with Crippen LogP contribution >= 0.6 is 0 Å². The Hall–Kier alpha value is -3.28. The largest absolute Gasteiger partial charge is 0.268 e. The van der Waals surface area contributed by atoms with E-state index in [1.54, 1.807) is 24.8 Å². The third kappa shape index (κ3) is 3.33. The van der Waals surface area contributed by atoms with Crippen LogP contribution in [0.1, 0.15) is 19.2 Å². The number of hydrogen-bond acceptors (Lipinski definition) is 6. The Labute approximate surface area is 145 Å². The highest BCUT2D eigenvalue weighted by Crippen LogP contribution is 2.26. The number of nitrogens with zero attached hydrogens (tertiary/aromatic N) is 6. The van der Waals surface area contributed by atoms with Crippen molar-refractivity contribution in [3.63, 3.8) is 0 Å². The van der Waals surface area contributed by atoms with Crippen molar-refractivity contribution in [2.75, 3.05) is 0 Å². The van der Waals surface area contributed by atoms with Crippen molar-refractivity contribution in [3.8, 4) is 22.8 Å². The van der Waals surface area contributed by atoms with Gasteiger partial charge < -0.3 is 0 Å². The third-order valence-electron chi connectivity index (χ3n) is 3.87. The van der Waals surface area contributed by atoms with Crippen molar-refractivity contribution in [1.82, 2.24) is 24.9 Å². The Morgan fingerprint density at radius 2 is 1.44 bits per heavy atom. The van der Waals surface area contributed by atoms with Crippen molar-refractivity contribution < 1.29 is 0 Å². The van der Waals surface area contributed by atoms with Crippen LogP contribution < -0.4 is 0 Å². The molecule has 0 saturated carbocycles. The second kappa shape index (κ2) is 6.68. The summed E-state index contributed by atoms with van der Waals surface area (Å²) in [6, 6.07) is 7.62. The number of allylic oxidation sites excluding steroid dienone is 1. The first-order valence-electron chi connectivity index (χ1n) is 8.09. The fourth-order valence-corrected chi connectivity index (χ4v) is 2.65. The molecule has 0 N–H and O–H groups in total. The van der Waals surface area contributed by atoms with Crippen LogP contribution in [-0.4, -0.2) is 31.1 Å². The average Bonchev–Trinajstić information content (AvgIpc) is 2.69. The molecule has 0 spiro atoms. The van der Waals surface area contributed by atoms with Crippen LogP contribution in [0, 0.1) is 5.92 Å². The summed E-state index contributed by atoms with van der Waals surface area (Å²) in [5.74, 6) is 2.21. The minimum absolute atomic E-state index is 0.362. The van der Waals surface area contributed by atoms with Gasteiger partial charge in [0.15, 0.2) is 17.5 Å². The zero-order chi connectivity index (χ0) is 17.1. The Morgan fingerprint density at radius 1 is 0.840 bits per heavy atom. The molecule has 3 aromatic heterocycles. The van der Waals surface area contributed by atoms with E-state index in [2.05, 4.69) is 36.8 Å². The van der Waals surface area contributed by atoms with Gasteiger partial charge in [0, 0.05) is 53.9 Å². The molecular weight excluding hydrogens is 312 g/mol.